The fraction of sp³-hybridized carbons (Fsp3) is 0.462. The molecule has 0 aliphatic carbocycles. The molecule has 94 valence electrons. The van der Waals surface area contributed by atoms with Gasteiger partial charge in [-0.25, -0.2) is 0 Å². The van der Waals surface area contributed by atoms with Crippen molar-refractivity contribution in [3.05, 3.63) is 28.2 Å². The maximum atomic E-state index is 11.9. The third kappa shape index (κ3) is 3.73. The Morgan fingerprint density at radius 2 is 2.06 bits per heavy atom. The Morgan fingerprint density at radius 1 is 1.41 bits per heavy atom. The van der Waals surface area contributed by atoms with E-state index in [0.717, 1.165) is 0 Å². The van der Waals surface area contributed by atoms with Crippen LogP contribution in [0.1, 0.15) is 31.1 Å². The fourth-order valence-electron chi connectivity index (χ4n) is 1.31. The van der Waals surface area contributed by atoms with Crippen molar-refractivity contribution in [2.24, 2.45) is 11.8 Å². The molecule has 0 radical (unpaired) electrons. The molecule has 1 atom stereocenters. The molecule has 0 fully saturated rings. The van der Waals surface area contributed by atoms with Gasteiger partial charge in [-0.3, -0.25) is 4.79 Å². The highest BCUT2D eigenvalue weighted by Gasteiger charge is 2.13. The van der Waals surface area contributed by atoms with Gasteiger partial charge in [-0.05, 0) is 39.9 Å². The molecule has 1 aromatic carbocycles. The molecule has 3 N–H and O–H groups in total. The van der Waals surface area contributed by atoms with Crippen molar-refractivity contribution in [2.75, 3.05) is 12.3 Å². The van der Waals surface area contributed by atoms with E-state index in [9.17, 15) is 4.79 Å². The van der Waals surface area contributed by atoms with E-state index in [-0.39, 0.29) is 5.91 Å². The van der Waals surface area contributed by atoms with Crippen molar-refractivity contribution >= 4 is 27.5 Å². The van der Waals surface area contributed by atoms with Crippen molar-refractivity contribution in [1.29, 1.82) is 0 Å². The molecule has 1 aromatic rings. The minimum atomic E-state index is -0.0864. The van der Waals surface area contributed by atoms with Crippen LogP contribution in [0, 0.1) is 11.8 Å². The molecular formula is C13H19BrN2O. The lowest BCUT2D eigenvalue weighted by atomic mass is 9.98. The largest absolute Gasteiger partial charge is 0.398 e. The van der Waals surface area contributed by atoms with Crippen LogP contribution in [-0.2, 0) is 0 Å². The summed E-state index contributed by atoms with van der Waals surface area (Å²) in [6.07, 6.45) is 0. The SMILES string of the molecule is CC(C)C(C)CNC(=O)c1cccc(N)c1Br. The van der Waals surface area contributed by atoms with E-state index in [0.29, 0.717) is 34.1 Å². The van der Waals surface area contributed by atoms with Crippen molar-refractivity contribution in [3.8, 4) is 0 Å². The number of hydrogen-bond acceptors (Lipinski definition) is 2. The molecule has 1 amide bonds. The summed E-state index contributed by atoms with van der Waals surface area (Å²) in [7, 11) is 0. The lowest BCUT2D eigenvalue weighted by Crippen LogP contribution is -2.30. The first-order valence-corrected chi connectivity index (χ1v) is 6.55. The number of halogens is 1. The van der Waals surface area contributed by atoms with E-state index >= 15 is 0 Å². The Kier molecular flexibility index (Phi) is 5.00. The van der Waals surface area contributed by atoms with Crippen LogP contribution in [0.3, 0.4) is 0 Å². The summed E-state index contributed by atoms with van der Waals surface area (Å²) in [5.41, 5.74) is 6.90. The van der Waals surface area contributed by atoms with Crippen LogP contribution in [0.5, 0.6) is 0 Å². The van der Waals surface area contributed by atoms with Crippen molar-refractivity contribution in [2.45, 2.75) is 20.8 Å². The van der Waals surface area contributed by atoms with Gasteiger partial charge in [0.05, 0.1) is 10.0 Å². The van der Waals surface area contributed by atoms with E-state index in [1.165, 1.54) is 0 Å². The normalized spacial score (nSPS) is 12.5. The van der Waals surface area contributed by atoms with Gasteiger partial charge in [0.25, 0.3) is 5.91 Å². The number of carbonyl (C=O) groups is 1. The van der Waals surface area contributed by atoms with Gasteiger partial charge in [-0.15, -0.1) is 0 Å². The standard InChI is InChI=1S/C13H19BrN2O/c1-8(2)9(3)7-16-13(17)10-5-4-6-11(15)12(10)14/h4-6,8-9H,7,15H2,1-3H3,(H,16,17). The Balaban J connectivity index is 2.68. The van der Waals surface area contributed by atoms with E-state index in [1.54, 1.807) is 18.2 Å². The number of carbonyl (C=O) groups excluding carboxylic acids is 1. The monoisotopic (exact) mass is 298 g/mol. The third-order valence-electron chi connectivity index (χ3n) is 3.00. The van der Waals surface area contributed by atoms with Crippen molar-refractivity contribution in [3.63, 3.8) is 0 Å². The quantitative estimate of drug-likeness (QED) is 0.840. The summed E-state index contributed by atoms with van der Waals surface area (Å²) in [6.45, 7) is 7.09. The number of rotatable bonds is 4. The summed E-state index contributed by atoms with van der Waals surface area (Å²) in [6, 6.07) is 5.30. The van der Waals surface area contributed by atoms with Gasteiger partial charge < -0.3 is 11.1 Å². The summed E-state index contributed by atoms with van der Waals surface area (Å²) in [5, 5.41) is 2.92. The van der Waals surface area contributed by atoms with E-state index in [4.69, 9.17) is 5.73 Å². The first-order valence-electron chi connectivity index (χ1n) is 5.75. The van der Waals surface area contributed by atoms with Gasteiger partial charge in [-0.2, -0.15) is 0 Å². The number of anilines is 1. The van der Waals surface area contributed by atoms with E-state index in [1.807, 2.05) is 0 Å². The van der Waals surface area contributed by atoms with Crippen molar-refractivity contribution in [1.82, 2.24) is 5.32 Å². The van der Waals surface area contributed by atoms with Gasteiger partial charge in [0, 0.05) is 12.2 Å². The Morgan fingerprint density at radius 3 is 2.65 bits per heavy atom. The minimum Gasteiger partial charge on any atom is -0.398 e. The third-order valence-corrected chi connectivity index (χ3v) is 3.88. The maximum absolute atomic E-state index is 11.9. The number of hydrogen-bond donors (Lipinski definition) is 2. The Bertz CT molecular complexity index is 404. The van der Waals surface area contributed by atoms with Crippen LogP contribution in [-0.4, -0.2) is 12.5 Å². The number of nitrogen functional groups attached to an aromatic ring is 1. The lowest BCUT2D eigenvalue weighted by Gasteiger charge is -2.16. The second-order valence-corrected chi connectivity index (χ2v) is 5.43. The summed E-state index contributed by atoms with van der Waals surface area (Å²) >= 11 is 3.33. The summed E-state index contributed by atoms with van der Waals surface area (Å²) in [4.78, 5) is 11.9. The molecule has 0 aliphatic rings. The number of nitrogens with one attached hydrogen (secondary N) is 1. The molecule has 0 spiro atoms. The number of amides is 1. The number of benzene rings is 1. The highest BCUT2D eigenvalue weighted by Crippen LogP contribution is 2.23. The zero-order valence-electron chi connectivity index (χ0n) is 10.5. The first kappa shape index (κ1) is 14.0. The first-order chi connectivity index (χ1) is 7.93. The molecule has 0 bridgehead atoms. The molecule has 0 aromatic heterocycles. The van der Waals surface area contributed by atoms with Crippen molar-refractivity contribution < 1.29 is 4.79 Å². The smallest absolute Gasteiger partial charge is 0.252 e. The second kappa shape index (κ2) is 6.05. The van der Waals surface area contributed by atoms with Crippen LogP contribution in [0.2, 0.25) is 0 Å². The van der Waals surface area contributed by atoms with Crippen LogP contribution >= 0.6 is 15.9 Å². The highest BCUT2D eigenvalue weighted by molar-refractivity contribution is 9.10. The predicted molar refractivity (Wildman–Crippen MR) is 74.9 cm³/mol. The van der Waals surface area contributed by atoms with Crippen LogP contribution < -0.4 is 11.1 Å². The predicted octanol–water partition coefficient (Wildman–Crippen LogP) is 3.05. The van der Waals surface area contributed by atoms with E-state index < -0.39 is 0 Å². The molecule has 0 heterocycles. The van der Waals surface area contributed by atoms with Gasteiger partial charge in [0.15, 0.2) is 0 Å². The molecule has 3 nitrogen and oxygen atoms in total. The van der Waals surface area contributed by atoms with Gasteiger partial charge in [0.2, 0.25) is 0 Å². The second-order valence-electron chi connectivity index (χ2n) is 4.64. The highest BCUT2D eigenvalue weighted by atomic mass is 79.9. The Labute approximate surface area is 111 Å². The van der Waals surface area contributed by atoms with Crippen LogP contribution in [0.4, 0.5) is 5.69 Å². The van der Waals surface area contributed by atoms with Crippen LogP contribution in [0.25, 0.3) is 0 Å². The average molecular weight is 299 g/mol. The van der Waals surface area contributed by atoms with E-state index in [2.05, 4.69) is 42.0 Å². The van der Waals surface area contributed by atoms with Gasteiger partial charge in [-0.1, -0.05) is 26.8 Å². The summed E-state index contributed by atoms with van der Waals surface area (Å²) in [5.74, 6) is 0.926. The zero-order valence-corrected chi connectivity index (χ0v) is 12.0. The molecule has 0 aliphatic heterocycles. The molecule has 0 saturated heterocycles. The maximum Gasteiger partial charge on any atom is 0.252 e. The molecule has 4 heteroatoms. The molecule has 17 heavy (non-hydrogen) atoms. The lowest BCUT2D eigenvalue weighted by molar-refractivity contribution is 0.0944. The molecule has 1 rings (SSSR count). The summed E-state index contributed by atoms with van der Waals surface area (Å²) < 4.78 is 0.662. The molecule has 0 saturated carbocycles. The number of nitrogens with two attached hydrogens (primary N) is 1. The minimum absolute atomic E-state index is 0.0864. The van der Waals surface area contributed by atoms with Crippen LogP contribution in [0.15, 0.2) is 22.7 Å². The molecule has 1 unspecified atom stereocenters. The fourth-order valence-corrected chi connectivity index (χ4v) is 1.75. The topological polar surface area (TPSA) is 55.1 Å². The van der Waals surface area contributed by atoms with Gasteiger partial charge in [0.1, 0.15) is 0 Å². The average Bonchev–Trinajstić information content (AvgIpc) is 2.29. The zero-order chi connectivity index (χ0) is 13.0. The van der Waals surface area contributed by atoms with Gasteiger partial charge >= 0.3 is 0 Å². The molecular weight excluding hydrogens is 280 g/mol. The Hall–Kier alpha value is -1.03.